The molecule has 122 valence electrons. The summed E-state index contributed by atoms with van der Waals surface area (Å²) in [6.45, 7) is 0.551. The van der Waals surface area contributed by atoms with Crippen LogP contribution in [0.5, 0.6) is 0 Å². The summed E-state index contributed by atoms with van der Waals surface area (Å²) in [5.41, 5.74) is 1.12. The highest BCUT2D eigenvalue weighted by atomic mass is 16.3. The molecule has 1 heterocycles. The fourth-order valence-electron chi connectivity index (χ4n) is 3.05. The van der Waals surface area contributed by atoms with Crippen molar-refractivity contribution in [2.45, 2.75) is 24.8 Å². The maximum atomic E-state index is 12.8. The molecule has 23 heavy (non-hydrogen) atoms. The van der Waals surface area contributed by atoms with E-state index in [4.69, 9.17) is 4.42 Å². The van der Waals surface area contributed by atoms with Gasteiger partial charge in [0, 0.05) is 6.54 Å². The zero-order chi connectivity index (χ0) is 16.2. The van der Waals surface area contributed by atoms with Crippen LogP contribution in [-0.4, -0.2) is 31.4 Å². The van der Waals surface area contributed by atoms with Crippen LogP contribution in [-0.2, 0) is 4.79 Å². The summed E-state index contributed by atoms with van der Waals surface area (Å²) in [6.07, 6.45) is 3.95. The molecule has 1 fully saturated rings. The molecule has 1 amide bonds. The quantitative estimate of drug-likeness (QED) is 0.854. The summed E-state index contributed by atoms with van der Waals surface area (Å²) in [6, 6.07) is 14.0. The minimum absolute atomic E-state index is 0.0318. The normalized spacial score (nSPS) is 17.0. The fourth-order valence-corrected chi connectivity index (χ4v) is 3.05. The highest BCUT2D eigenvalue weighted by Gasteiger charge is 2.37. The van der Waals surface area contributed by atoms with Gasteiger partial charge in [0.05, 0.1) is 18.2 Å². The Labute approximate surface area is 137 Å². The van der Waals surface area contributed by atoms with E-state index in [1.165, 1.54) is 0 Å². The van der Waals surface area contributed by atoms with Gasteiger partial charge in [-0.15, -0.1) is 0 Å². The van der Waals surface area contributed by atoms with Crippen LogP contribution in [0.3, 0.4) is 0 Å². The largest absolute Gasteiger partial charge is 0.468 e. The molecule has 1 aromatic heterocycles. The monoisotopic (exact) mass is 312 g/mol. The van der Waals surface area contributed by atoms with Crippen LogP contribution in [0.25, 0.3) is 0 Å². The van der Waals surface area contributed by atoms with Crippen LogP contribution in [0.1, 0.15) is 36.1 Å². The molecule has 0 spiro atoms. The summed E-state index contributed by atoms with van der Waals surface area (Å²) < 4.78 is 5.50. The Kier molecular flexibility index (Phi) is 4.82. The highest BCUT2D eigenvalue weighted by molar-refractivity contribution is 5.84. The van der Waals surface area contributed by atoms with E-state index in [1.807, 2.05) is 44.4 Å². The van der Waals surface area contributed by atoms with Gasteiger partial charge in [-0.2, -0.15) is 0 Å². The Balaban J connectivity index is 1.67. The number of rotatable bonds is 7. The molecule has 1 saturated carbocycles. The van der Waals surface area contributed by atoms with E-state index in [1.54, 1.807) is 6.26 Å². The lowest BCUT2D eigenvalue weighted by Crippen LogP contribution is -2.37. The van der Waals surface area contributed by atoms with Gasteiger partial charge in [-0.1, -0.05) is 30.3 Å². The van der Waals surface area contributed by atoms with Crippen LogP contribution in [0.4, 0.5) is 0 Å². The number of hydrogen-bond acceptors (Lipinski definition) is 3. The summed E-state index contributed by atoms with van der Waals surface area (Å²) in [5, 5.41) is 3.13. The molecule has 1 aromatic carbocycles. The number of benzene rings is 1. The summed E-state index contributed by atoms with van der Waals surface area (Å²) in [4.78, 5) is 14.8. The van der Waals surface area contributed by atoms with E-state index in [2.05, 4.69) is 22.3 Å². The molecule has 2 aromatic rings. The Morgan fingerprint density at radius 3 is 2.52 bits per heavy atom. The first kappa shape index (κ1) is 15.8. The van der Waals surface area contributed by atoms with Gasteiger partial charge >= 0.3 is 0 Å². The van der Waals surface area contributed by atoms with E-state index in [9.17, 15) is 4.79 Å². The predicted molar refractivity (Wildman–Crippen MR) is 90.1 cm³/mol. The van der Waals surface area contributed by atoms with Gasteiger partial charge in [0.2, 0.25) is 5.91 Å². The molecule has 2 atom stereocenters. The molecule has 1 aliphatic rings. The number of carbonyl (C=O) groups excluding carboxylic acids is 1. The molecule has 2 unspecified atom stereocenters. The van der Waals surface area contributed by atoms with Crippen LogP contribution in [0.15, 0.2) is 53.1 Å². The number of carbonyl (C=O) groups is 1. The van der Waals surface area contributed by atoms with E-state index >= 15 is 0 Å². The van der Waals surface area contributed by atoms with Crippen molar-refractivity contribution < 1.29 is 9.21 Å². The summed E-state index contributed by atoms with van der Waals surface area (Å²) in [7, 11) is 3.99. The zero-order valence-corrected chi connectivity index (χ0v) is 13.7. The number of hydrogen-bond donors (Lipinski definition) is 1. The van der Waals surface area contributed by atoms with Crippen molar-refractivity contribution in [3.05, 3.63) is 60.1 Å². The first-order valence-corrected chi connectivity index (χ1v) is 8.19. The zero-order valence-electron chi connectivity index (χ0n) is 13.7. The first-order valence-electron chi connectivity index (χ1n) is 8.19. The smallest absolute Gasteiger partial charge is 0.227 e. The van der Waals surface area contributed by atoms with E-state index in [-0.39, 0.29) is 17.9 Å². The number of furan rings is 1. The van der Waals surface area contributed by atoms with E-state index in [0.717, 1.165) is 24.2 Å². The molecular formula is C19H24N2O2. The van der Waals surface area contributed by atoms with Crippen molar-refractivity contribution in [3.8, 4) is 0 Å². The lowest BCUT2D eigenvalue weighted by molar-refractivity contribution is -0.123. The Morgan fingerprint density at radius 2 is 1.96 bits per heavy atom. The minimum Gasteiger partial charge on any atom is -0.468 e. The lowest BCUT2D eigenvalue weighted by atomic mass is 9.93. The number of likely N-dealkylation sites (N-methyl/N-ethyl adjacent to an activating group) is 1. The summed E-state index contributed by atoms with van der Waals surface area (Å²) >= 11 is 0. The fraction of sp³-hybridized carbons (Fsp3) is 0.421. The van der Waals surface area contributed by atoms with Crippen molar-refractivity contribution in [2.75, 3.05) is 20.6 Å². The second kappa shape index (κ2) is 7.01. The van der Waals surface area contributed by atoms with E-state index in [0.29, 0.717) is 12.5 Å². The molecule has 0 radical (unpaired) electrons. The van der Waals surface area contributed by atoms with Crippen LogP contribution >= 0.6 is 0 Å². The molecular weight excluding hydrogens is 288 g/mol. The molecule has 4 heteroatoms. The van der Waals surface area contributed by atoms with Crippen molar-refractivity contribution in [3.63, 3.8) is 0 Å². The van der Waals surface area contributed by atoms with Gasteiger partial charge in [-0.25, -0.2) is 0 Å². The maximum absolute atomic E-state index is 12.8. The van der Waals surface area contributed by atoms with Crippen LogP contribution < -0.4 is 5.32 Å². The third-order valence-corrected chi connectivity index (χ3v) is 4.50. The molecule has 4 nitrogen and oxygen atoms in total. The number of nitrogens with zero attached hydrogens (tertiary/aromatic N) is 1. The van der Waals surface area contributed by atoms with Crippen molar-refractivity contribution in [1.82, 2.24) is 10.2 Å². The average Bonchev–Trinajstić information content (AvgIpc) is 3.22. The molecule has 0 bridgehead atoms. The second-order valence-corrected chi connectivity index (χ2v) is 6.47. The maximum Gasteiger partial charge on any atom is 0.227 e. The Bertz CT molecular complexity index is 618. The molecule has 3 rings (SSSR count). The van der Waals surface area contributed by atoms with Gasteiger partial charge in [0.15, 0.2) is 0 Å². The lowest BCUT2D eigenvalue weighted by Gasteiger charge is -2.24. The van der Waals surface area contributed by atoms with Gasteiger partial charge in [-0.3, -0.25) is 9.69 Å². The molecule has 1 N–H and O–H groups in total. The third-order valence-electron chi connectivity index (χ3n) is 4.50. The van der Waals surface area contributed by atoms with Gasteiger partial charge in [0.1, 0.15) is 5.76 Å². The SMILES string of the molecule is CN(C)C(CNC(=O)C(c1ccccc1)C1CC1)c1ccco1. The van der Waals surface area contributed by atoms with Gasteiger partial charge < -0.3 is 9.73 Å². The minimum atomic E-state index is -0.0318. The second-order valence-electron chi connectivity index (χ2n) is 6.47. The third kappa shape index (κ3) is 3.82. The molecule has 0 saturated heterocycles. The van der Waals surface area contributed by atoms with Crippen LogP contribution in [0, 0.1) is 5.92 Å². The van der Waals surface area contributed by atoms with Crippen molar-refractivity contribution in [1.29, 1.82) is 0 Å². The molecule has 0 aliphatic heterocycles. The standard InChI is InChI=1S/C19H24N2O2/c1-21(2)16(17-9-6-12-23-17)13-20-19(22)18(15-10-11-15)14-7-4-3-5-8-14/h3-9,12,15-16,18H,10-11,13H2,1-2H3,(H,20,22). The number of amides is 1. The first-order chi connectivity index (χ1) is 11.2. The van der Waals surface area contributed by atoms with Crippen molar-refractivity contribution in [2.24, 2.45) is 5.92 Å². The topological polar surface area (TPSA) is 45.5 Å². The van der Waals surface area contributed by atoms with E-state index < -0.39 is 0 Å². The Hall–Kier alpha value is -2.07. The molecule has 1 aliphatic carbocycles. The number of nitrogens with one attached hydrogen (secondary N) is 1. The Morgan fingerprint density at radius 1 is 1.22 bits per heavy atom. The van der Waals surface area contributed by atoms with Gasteiger partial charge in [-0.05, 0) is 50.6 Å². The highest BCUT2D eigenvalue weighted by Crippen LogP contribution is 2.42. The van der Waals surface area contributed by atoms with Crippen LogP contribution in [0.2, 0.25) is 0 Å². The van der Waals surface area contributed by atoms with Crippen molar-refractivity contribution >= 4 is 5.91 Å². The van der Waals surface area contributed by atoms with Gasteiger partial charge in [0.25, 0.3) is 0 Å². The average molecular weight is 312 g/mol. The predicted octanol–water partition coefficient (Wildman–Crippen LogP) is 3.19. The summed E-state index contributed by atoms with van der Waals surface area (Å²) in [5.74, 6) is 1.45.